The molecule has 7 heteroatoms. The lowest BCUT2D eigenvalue weighted by Crippen LogP contribution is -2.36. The van der Waals surface area contributed by atoms with E-state index < -0.39 is 0 Å². The number of carbonyl (C=O) groups excluding carboxylic acids is 1. The van der Waals surface area contributed by atoms with E-state index in [2.05, 4.69) is 43.3 Å². The molecule has 4 rings (SSSR count). The summed E-state index contributed by atoms with van der Waals surface area (Å²) in [6.45, 7) is 11.1. The van der Waals surface area contributed by atoms with Crippen molar-refractivity contribution in [2.24, 2.45) is 0 Å². The van der Waals surface area contributed by atoms with E-state index in [9.17, 15) is 9.90 Å². The van der Waals surface area contributed by atoms with Crippen LogP contribution in [0.4, 0.5) is 5.69 Å². The van der Waals surface area contributed by atoms with Crippen molar-refractivity contribution in [3.8, 4) is 5.75 Å². The predicted molar refractivity (Wildman–Crippen MR) is 142 cm³/mol. The van der Waals surface area contributed by atoms with Gasteiger partial charge in [-0.2, -0.15) is 0 Å². The number of nitrogens with zero attached hydrogens (tertiary/aromatic N) is 1. The number of dihydropyridines is 1. The van der Waals surface area contributed by atoms with E-state index in [1.54, 1.807) is 6.92 Å². The SMILES string of the molecule is CC.CC.CC(=O)N1CCC(=C2c3cc(N)c(O)c(Br)c3CCC3=CC(Br)=CNC32)CC1. The molecule has 2 heterocycles. The van der Waals surface area contributed by atoms with Gasteiger partial charge in [-0.05, 0) is 92.0 Å². The molecule has 176 valence electrons. The third-order valence-electron chi connectivity index (χ3n) is 5.89. The van der Waals surface area contributed by atoms with Crippen LogP contribution in [0.25, 0.3) is 5.57 Å². The second kappa shape index (κ2) is 11.9. The van der Waals surface area contributed by atoms with Gasteiger partial charge in [0.2, 0.25) is 5.91 Å². The Labute approximate surface area is 209 Å². The van der Waals surface area contributed by atoms with Crippen molar-refractivity contribution in [2.75, 3.05) is 18.8 Å². The van der Waals surface area contributed by atoms with Crippen molar-refractivity contribution in [3.05, 3.63) is 49.6 Å². The topological polar surface area (TPSA) is 78.6 Å². The van der Waals surface area contributed by atoms with Crippen LogP contribution in [0, 0.1) is 0 Å². The molecule has 4 N–H and O–H groups in total. The van der Waals surface area contributed by atoms with Gasteiger partial charge in [0.25, 0.3) is 0 Å². The Morgan fingerprint density at radius 3 is 2.34 bits per heavy atom. The van der Waals surface area contributed by atoms with Crippen LogP contribution in [0.2, 0.25) is 0 Å². The highest BCUT2D eigenvalue weighted by molar-refractivity contribution is 9.12. The first-order chi connectivity index (χ1) is 15.4. The van der Waals surface area contributed by atoms with Gasteiger partial charge in [-0.1, -0.05) is 33.3 Å². The first-order valence-electron chi connectivity index (χ1n) is 11.5. The van der Waals surface area contributed by atoms with E-state index in [0.29, 0.717) is 10.2 Å². The molecule has 1 amide bonds. The zero-order valence-corrected chi connectivity index (χ0v) is 22.9. The Kier molecular flexibility index (Phi) is 9.89. The summed E-state index contributed by atoms with van der Waals surface area (Å²) in [7, 11) is 0. The fourth-order valence-corrected chi connectivity index (χ4v) is 5.49. The van der Waals surface area contributed by atoms with E-state index in [-0.39, 0.29) is 17.7 Å². The first kappa shape index (κ1) is 26.5. The van der Waals surface area contributed by atoms with E-state index in [4.69, 9.17) is 5.73 Å². The number of allylic oxidation sites excluding steroid dienone is 2. The highest BCUT2D eigenvalue weighted by Crippen LogP contribution is 2.46. The van der Waals surface area contributed by atoms with Gasteiger partial charge in [0.15, 0.2) is 5.75 Å². The molecule has 1 fully saturated rings. The van der Waals surface area contributed by atoms with Crippen molar-refractivity contribution < 1.29 is 9.90 Å². The Hall–Kier alpha value is -1.73. The van der Waals surface area contributed by atoms with Gasteiger partial charge in [0, 0.05) is 30.7 Å². The summed E-state index contributed by atoms with van der Waals surface area (Å²) in [5.41, 5.74) is 12.6. The number of anilines is 1. The summed E-state index contributed by atoms with van der Waals surface area (Å²) in [6, 6.07) is 1.99. The number of likely N-dealkylation sites (tertiary alicyclic amines) is 1. The molecule has 3 aliphatic rings. The van der Waals surface area contributed by atoms with E-state index in [0.717, 1.165) is 54.4 Å². The Morgan fingerprint density at radius 1 is 1.12 bits per heavy atom. The molecule has 2 aliphatic heterocycles. The zero-order valence-electron chi connectivity index (χ0n) is 19.7. The van der Waals surface area contributed by atoms with Crippen LogP contribution in [0.5, 0.6) is 5.75 Å². The molecule has 0 aromatic heterocycles. The number of aromatic hydroxyl groups is 1. The second-order valence-electron chi connectivity index (χ2n) is 7.53. The minimum Gasteiger partial charge on any atom is -0.505 e. The van der Waals surface area contributed by atoms with Gasteiger partial charge in [-0.3, -0.25) is 4.79 Å². The summed E-state index contributed by atoms with van der Waals surface area (Å²) in [6.07, 6.45) is 7.60. The molecule has 1 atom stereocenters. The molecule has 1 aromatic carbocycles. The van der Waals surface area contributed by atoms with Crippen molar-refractivity contribution in [2.45, 2.75) is 66.3 Å². The van der Waals surface area contributed by atoms with Gasteiger partial charge in [-0.15, -0.1) is 0 Å². The lowest BCUT2D eigenvalue weighted by Gasteiger charge is -2.33. The van der Waals surface area contributed by atoms with Gasteiger partial charge >= 0.3 is 0 Å². The average molecular weight is 569 g/mol. The fourth-order valence-electron chi connectivity index (χ4n) is 4.42. The normalized spacial score (nSPS) is 19.5. The van der Waals surface area contributed by atoms with Crippen molar-refractivity contribution >= 4 is 49.0 Å². The third kappa shape index (κ3) is 5.42. The van der Waals surface area contributed by atoms with E-state index in [1.807, 2.05) is 44.9 Å². The molecular formula is C25H35Br2N3O2. The smallest absolute Gasteiger partial charge is 0.219 e. The zero-order chi connectivity index (χ0) is 24.0. The van der Waals surface area contributed by atoms with Gasteiger partial charge in [0.05, 0.1) is 16.2 Å². The number of phenolic OH excluding ortho intramolecular Hbond substituents is 1. The molecule has 0 bridgehead atoms. The highest BCUT2D eigenvalue weighted by atomic mass is 79.9. The van der Waals surface area contributed by atoms with Crippen LogP contribution in [0.15, 0.2) is 38.4 Å². The lowest BCUT2D eigenvalue weighted by atomic mass is 9.84. The van der Waals surface area contributed by atoms with Crippen LogP contribution in [-0.2, 0) is 11.2 Å². The average Bonchev–Trinajstić information content (AvgIpc) is 2.97. The number of benzene rings is 1. The van der Waals surface area contributed by atoms with Crippen molar-refractivity contribution in [1.29, 1.82) is 0 Å². The largest absolute Gasteiger partial charge is 0.505 e. The maximum absolute atomic E-state index is 11.8. The number of rotatable bonds is 0. The van der Waals surface area contributed by atoms with Crippen LogP contribution >= 0.6 is 31.9 Å². The maximum Gasteiger partial charge on any atom is 0.219 e. The Bertz CT molecular complexity index is 941. The number of fused-ring (bicyclic) bond motifs is 2. The van der Waals surface area contributed by atoms with Crippen LogP contribution < -0.4 is 11.1 Å². The number of carbonyl (C=O) groups is 1. The summed E-state index contributed by atoms with van der Waals surface area (Å²) >= 11 is 7.16. The van der Waals surface area contributed by atoms with Crippen LogP contribution in [-0.4, -0.2) is 35.0 Å². The van der Waals surface area contributed by atoms with Gasteiger partial charge in [0.1, 0.15) is 0 Å². The highest BCUT2D eigenvalue weighted by Gasteiger charge is 2.32. The van der Waals surface area contributed by atoms with Crippen molar-refractivity contribution in [3.63, 3.8) is 0 Å². The molecular weight excluding hydrogens is 534 g/mol. The number of amides is 1. The minimum absolute atomic E-state index is 0.0808. The third-order valence-corrected chi connectivity index (χ3v) is 7.20. The molecule has 1 unspecified atom stereocenters. The molecule has 0 spiro atoms. The number of nitrogen functional groups attached to an aromatic ring is 1. The van der Waals surface area contributed by atoms with Crippen LogP contribution in [0.1, 0.15) is 65.0 Å². The number of hydrogen-bond donors (Lipinski definition) is 3. The fraction of sp³-hybridized carbons (Fsp3) is 0.480. The summed E-state index contributed by atoms with van der Waals surface area (Å²) < 4.78 is 1.72. The van der Waals surface area contributed by atoms with E-state index >= 15 is 0 Å². The molecule has 1 aromatic rings. The molecule has 0 saturated carbocycles. The quantitative estimate of drug-likeness (QED) is 0.255. The lowest BCUT2D eigenvalue weighted by molar-refractivity contribution is -0.129. The summed E-state index contributed by atoms with van der Waals surface area (Å²) in [5.74, 6) is 0.242. The maximum atomic E-state index is 11.8. The predicted octanol–water partition coefficient (Wildman–Crippen LogP) is 6.27. The molecule has 5 nitrogen and oxygen atoms in total. The monoisotopic (exact) mass is 567 g/mol. The number of nitrogens with two attached hydrogens (primary N) is 1. The summed E-state index contributed by atoms with van der Waals surface area (Å²) in [4.78, 5) is 13.7. The number of hydrogen-bond acceptors (Lipinski definition) is 4. The van der Waals surface area contributed by atoms with Crippen molar-refractivity contribution in [1.82, 2.24) is 10.2 Å². The first-order valence-corrected chi connectivity index (χ1v) is 13.0. The standard InChI is InChI=1S/C21H23Br2N3O2.2C2H6/c1-11(27)26-6-4-12(5-7-26)18-16-9-17(24)21(28)19(23)15(16)3-2-13-8-14(22)10-25-20(13)18;2*1-2/h8-10,20,25,28H,2-7,24H2,1H3;2*1-2H3. The van der Waals surface area contributed by atoms with Gasteiger partial charge < -0.3 is 21.1 Å². The number of halogens is 2. The number of piperidine rings is 1. The van der Waals surface area contributed by atoms with E-state index in [1.165, 1.54) is 16.7 Å². The molecule has 1 aliphatic carbocycles. The second-order valence-corrected chi connectivity index (χ2v) is 9.23. The molecule has 0 radical (unpaired) electrons. The van der Waals surface area contributed by atoms with Gasteiger partial charge in [-0.25, -0.2) is 0 Å². The summed E-state index contributed by atoms with van der Waals surface area (Å²) in [5, 5.41) is 13.9. The number of phenols is 1. The molecule has 32 heavy (non-hydrogen) atoms. The Morgan fingerprint density at radius 2 is 1.75 bits per heavy atom. The minimum atomic E-state index is 0.0808. The Balaban J connectivity index is 0.000000860. The number of nitrogens with one attached hydrogen (secondary N) is 1. The van der Waals surface area contributed by atoms with Crippen LogP contribution in [0.3, 0.4) is 0 Å². The molecule has 1 saturated heterocycles.